The van der Waals surface area contributed by atoms with Crippen LogP contribution in [0, 0.1) is 6.92 Å². The molecule has 0 radical (unpaired) electrons. The van der Waals surface area contributed by atoms with Crippen molar-refractivity contribution in [3.63, 3.8) is 0 Å². The number of rotatable bonds is 6. The van der Waals surface area contributed by atoms with Gasteiger partial charge in [-0.3, -0.25) is 20.0 Å². The van der Waals surface area contributed by atoms with Gasteiger partial charge in [-0.2, -0.15) is 0 Å². The molecule has 20 heavy (non-hydrogen) atoms. The van der Waals surface area contributed by atoms with Gasteiger partial charge in [0.1, 0.15) is 0 Å². The van der Waals surface area contributed by atoms with Crippen molar-refractivity contribution in [2.75, 3.05) is 18.5 Å². The molecule has 1 aliphatic rings. The summed E-state index contributed by atoms with van der Waals surface area (Å²) >= 11 is 1.37. The molecule has 1 fully saturated rings. The zero-order chi connectivity index (χ0) is 14.5. The van der Waals surface area contributed by atoms with Gasteiger partial charge in [0.2, 0.25) is 5.91 Å². The van der Waals surface area contributed by atoms with Crippen molar-refractivity contribution >= 4 is 22.4 Å². The largest absolute Gasteiger partial charge is 0.306 e. The first-order valence-electron chi connectivity index (χ1n) is 6.37. The third-order valence-corrected chi connectivity index (χ3v) is 4.17. The molecule has 2 rings (SSSR count). The summed E-state index contributed by atoms with van der Waals surface area (Å²) < 4.78 is 0. The lowest BCUT2D eigenvalue weighted by Crippen LogP contribution is -2.35. The van der Waals surface area contributed by atoms with Gasteiger partial charge in [0, 0.05) is 11.3 Å². The molecule has 4 N–H and O–H groups in total. The standard InChI is InChI=1S/C11H18N4O4S/c1-7-9(4-6-19-15(17)18)20-11(13-7)14-10(16)8-3-2-5-12-8/h8,12,17-18H,2-6H2,1H3,(H,13,14,16)/t8-/m0/s1. The quantitative estimate of drug-likeness (QED) is 0.573. The molecule has 0 aromatic carbocycles. The van der Waals surface area contributed by atoms with Crippen molar-refractivity contribution < 1.29 is 20.0 Å². The number of amides is 1. The molecule has 1 amide bonds. The fourth-order valence-corrected chi connectivity index (χ4v) is 2.98. The Balaban J connectivity index is 1.87. The normalized spacial score (nSPS) is 18.7. The van der Waals surface area contributed by atoms with Gasteiger partial charge in [-0.25, -0.2) is 4.98 Å². The van der Waals surface area contributed by atoms with Crippen LogP contribution in [0.1, 0.15) is 23.4 Å². The lowest BCUT2D eigenvalue weighted by molar-refractivity contribution is -0.492. The Hall–Kier alpha value is -1.10. The number of nitrogens with one attached hydrogen (secondary N) is 2. The number of nitrogens with zero attached hydrogens (tertiary/aromatic N) is 2. The van der Waals surface area contributed by atoms with Crippen molar-refractivity contribution in [3.05, 3.63) is 10.6 Å². The minimum Gasteiger partial charge on any atom is -0.306 e. The molecule has 1 atom stereocenters. The fraction of sp³-hybridized carbons (Fsp3) is 0.636. The summed E-state index contributed by atoms with van der Waals surface area (Å²) in [6.07, 6.45) is 2.34. The Bertz CT molecular complexity index is 459. The van der Waals surface area contributed by atoms with Crippen LogP contribution in [-0.2, 0) is 16.1 Å². The number of aryl methyl sites for hydroxylation is 1. The molecule has 0 saturated carbocycles. The molecule has 112 valence electrons. The molecule has 2 heterocycles. The SMILES string of the molecule is Cc1nc(NC(=O)[C@@H]2CCCN2)sc1CCON(O)O. The molecule has 0 bridgehead atoms. The van der Waals surface area contributed by atoms with Crippen molar-refractivity contribution in [1.82, 2.24) is 15.7 Å². The number of thiazole rings is 1. The molecule has 9 heteroatoms. The van der Waals surface area contributed by atoms with Crippen LogP contribution < -0.4 is 10.6 Å². The molecular formula is C11H18N4O4S. The maximum atomic E-state index is 11.9. The molecule has 1 saturated heterocycles. The van der Waals surface area contributed by atoms with Crippen molar-refractivity contribution in [2.24, 2.45) is 0 Å². The van der Waals surface area contributed by atoms with Crippen LogP contribution in [0.3, 0.4) is 0 Å². The summed E-state index contributed by atoms with van der Waals surface area (Å²) in [4.78, 5) is 21.6. The lowest BCUT2D eigenvalue weighted by atomic mass is 10.2. The second-order valence-electron chi connectivity index (χ2n) is 4.50. The third kappa shape index (κ3) is 4.20. The van der Waals surface area contributed by atoms with Crippen molar-refractivity contribution in [2.45, 2.75) is 32.2 Å². The second-order valence-corrected chi connectivity index (χ2v) is 5.59. The van der Waals surface area contributed by atoms with E-state index in [2.05, 4.69) is 20.5 Å². The van der Waals surface area contributed by atoms with Crippen LogP contribution in [0.25, 0.3) is 0 Å². The van der Waals surface area contributed by atoms with Crippen LogP contribution in [0.2, 0.25) is 0 Å². The van der Waals surface area contributed by atoms with Crippen LogP contribution in [-0.4, -0.2) is 45.9 Å². The topological polar surface area (TPSA) is 107 Å². The molecule has 1 aromatic rings. The highest BCUT2D eigenvalue weighted by Crippen LogP contribution is 2.23. The number of aromatic nitrogens is 1. The van der Waals surface area contributed by atoms with Gasteiger partial charge in [-0.05, 0) is 26.3 Å². The Morgan fingerprint density at radius 1 is 1.65 bits per heavy atom. The van der Waals surface area contributed by atoms with E-state index in [4.69, 9.17) is 10.4 Å². The zero-order valence-corrected chi connectivity index (χ0v) is 11.9. The number of carbonyl (C=O) groups is 1. The summed E-state index contributed by atoms with van der Waals surface area (Å²) in [7, 11) is 0. The monoisotopic (exact) mass is 302 g/mol. The second kappa shape index (κ2) is 7.07. The Morgan fingerprint density at radius 3 is 3.10 bits per heavy atom. The van der Waals surface area contributed by atoms with E-state index < -0.39 is 0 Å². The van der Waals surface area contributed by atoms with Gasteiger partial charge in [-0.15, -0.1) is 11.3 Å². The highest BCUT2D eigenvalue weighted by Gasteiger charge is 2.23. The van der Waals surface area contributed by atoms with Crippen LogP contribution in [0.15, 0.2) is 0 Å². The summed E-state index contributed by atoms with van der Waals surface area (Å²) in [5.74, 6) is -0.0593. The fourth-order valence-electron chi connectivity index (χ4n) is 2.03. The van der Waals surface area contributed by atoms with Gasteiger partial charge >= 0.3 is 0 Å². The van der Waals surface area contributed by atoms with E-state index in [0.717, 1.165) is 30.0 Å². The van der Waals surface area contributed by atoms with E-state index in [1.807, 2.05) is 6.92 Å². The molecule has 1 aromatic heterocycles. The number of anilines is 1. The number of hydrogen-bond acceptors (Lipinski definition) is 8. The average molecular weight is 302 g/mol. The summed E-state index contributed by atoms with van der Waals surface area (Å²) in [6.45, 7) is 2.83. The minimum atomic E-state index is -0.315. The van der Waals surface area contributed by atoms with Gasteiger partial charge in [0.25, 0.3) is 0 Å². The van der Waals surface area contributed by atoms with Gasteiger partial charge in [0.05, 0.1) is 23.7 Å². The zero-order valence-electron chi connectivity index (χ0n) is 11.1. The smallest absolute Gasteiger partial charge is 0.243 e. The Labute approximate surface area is 120 Å². The summed E-state index contributed by atoms with van der Waals surface area (Å²) in [5.41, 5.74) is 0.802. The van der Waals surface area contributed by atoms with E-state index in [0.29, 0.717) is 11.6 Å². The molecular weight excluding hydrogens is 284 g/mol. The molecule has 1 aliphatic heterocycles. The Morgan fingerprint density at radius 2 is 2.45 bits per heavy atom. The average Bonchev–Trinajstić information content (AvgIpc) is 2.99. The predicted octanol–water partition coefficient (Wildman–Crippen LogP) is 0.697. The van der Waals surface area contributed by atoms with E-state index in [-0.39, 0.29) is 23.9 Å². The number of carbonyl (C=O) groups excluding carboxylic acids is 1. The van der Waals surface area contributed by atoms with Gasteiger partial charge < -0.3 is 10.6 Å². The lowest BCUT2D eigenvalue weighted by Gasteiger charge is -2.08. The van der Waals surface area contributed by atoms with Gasteiger partial charge in [-0.1, -0.05) is 0 Å². The third-order valence-electron chi connectivity index (χ3n) is 3.04. The molecule has 0 unspecified atom stereocenters. The van der Waals surface area contributed by atoms with Gasteiger partial charge in [0.15, 0.2) is 5.13 Å². The first-order chi connectivity index (χ1) is 9.56. The summed E-state index contributed by atoms with van der Waals surface area (Å²) in [6, 6.07) is -0.136. The van der Waals surface area contributed by atoms with Crippen molar-refractivity contribution in [3.8, 4) is 0 Å². The van der Waals surface area contributed by atoms with Crippen LogP contribution in [0.5, 0.6) is 0 Å². The predicted molar refractivity (Wildman–Crippen MR) is 71.6 cm³/mol. The number of hydrogen-bond donors (Lipinski definition) is 4. The first kappa shape index (κ1) is 15.3. The molecule has 0 aliphatic carbocycles. The van der Waals surface area contributed by atoms with E-state index in [9.17, 15) is 4.79 Å². The first-order valence-corrected chi connectivity index (χ1v) is 7.19. The van der Waals surface area contributed by atoms with Crippen molar-refractivity contribution in [1.29, 1.82) is 0 Å². The highest BCUT2D eigenvalue weighted by atomic mass is 32.1. The summed E-state index contributed by atoms with van der Waals surface area (Å²) in [5, 5.41) is 23.0. The molecule has 8 nitrogen and oxygen atoms in total. The van der Waals surface area contributed by atoms with E-state index in [1.165, 1.54) is 11.3 Å². The Kier molecular flexibility index (Phi) is 5.40. The van der Waals surface area contributed by atoms with Crippen LogP contribution in [0.4, 0.5) is 5.13 Å². The van der Waals surface area contributed by atoms with E-state index in [1.54, 1.807) is 0 Å². The van der Waals surface area contributed by atoms with Crippen LogP contribution >= 0.6 is 11.3 Å². The molecule has 0 spiro atoms. The minimum absolute atomic E-state index is 0.0593. The maximum Gasteiger partial charge on any atom is 0.243 e. The maximum absolute atomic E-state index is 11.9. The highest BCUT2D eigenvalue weighted by molar-refractivity contribution is 7.15. The van der Waals surface area contributed by atoms with E-state index >= 15 is 0 Å².